The molecule has 0 bridgehead atoms. The Balaban J connectivity index is 1.59. The van der Waals surface area contributed by atoms with Crippen LogP contribution in [0.3, 0.4) is 0 Å². The van der Waals surface area contributed by atoms with Crippen LogP contribution in [0.5, 0.6) is 0 Å². The summed E-state index contributed by atoms with van der Waals surface area (Å²) in [6.45, 7) is 6.03. The molecule has 0 fully saturated rings. The van der Waals surface area contributed by atoms with Crippen LogP contribution >= 0.6 is 11.8 Å². The molecule has 29 heavy (non-hydrogen) atoms. The van der Waals surface area contributed by atoms with Crippen molar-refractivity contribution in [3.05, 3.63) is 59.7 Å². The number of aryl methyl sites for hydroxylation is 2. The summed E-state index contributed by atoms with van der Waals surface area (Å²) in [4.78, 5) is 31.8. The summed E-state index contributed by atoms with van der Waals surface area (Å²) in [5, 5.41) is 4.87. The van der Waals surface area contributed by atoms with Crippen LogP contribution in [0.1, 0.15) is 24.5 Å². The van der Waals surface area contributed by atoms with Crippen LogP contribution < -0.4 is 10.2 Å². The lowest BCUT2D eigenvalue weighted by Gasteiger charge is -2.27. The molecule has 0 saturated heterocycles. The van der Waals surface area contributed by atoms with Crippen molar-refractivity contribution < 1.29 is 9.59 Å². The Hall–Kier alpha value is -2.86. The van der Waals surface area contributed by atoms with Crippen LogP contribution in [-0.4, -0.2) is 28.6 Å². The van der Waals surface area contributed by atoms with Gasteiger partial charge in [0, 0.05) is 17.8 Å². The van der Waals surface area contributed by atoms with E-state index < -0.39 is 0 Å². The number of aromatic nitrogens is 1. The predicted octanol–water partition coefficient (Wildman–Crippen LogP) is 4.71. The number of fused-ring (bicyclic) bond motifs is 2. The Morgan fingerprint density at radius 1 is 1.17 bits per heavy atom. The van der Waals surface area contributed by atoms with Gasteiger partial charge in [0.2, 0.25) is 11.8 Å². The molecule has 0 spiro atoms. The minimum Gasteiger partial charge on any atom is -0.324 e. The van der Waals surface area contributed by atoms with E-state index in [0.717, 1.165) is 32.7 Å². The number of amides is 2. The second-order valence-corrected chi connectivity index (χ2v) is 8.41. The standard InChI is InChI=1S/C23H23N3O2S/c1-14-7-6-8-17-15(2)11-21(25-23(14)17)29-13-22(28)26-16(3)12-20(27)24-18-9-4-5-10-19(18)26/h4-11,16H,12-13H2,1-3H3,(H,24,27)/t16-/m0/s1. The van der Waals surface area contributed by atoms with Gasteiger partial charge in [-0.1, -0.05) is 42.1 Å². The number of nitrogens with one attached hydrogen (secondary N) is 1. The van der Waals surface area contributed by atoms with Crippen LogP contribution in [0, 0.1) is 13.8 Å². The number of carbonyl (C=O) groups excluding carboxylic acids is 2. The highest BCUT2D eigenvalue weighted by Crippen LogP contribution is 2.32. The van der Waals surface area contributed by atoms with Crippen molar-refractivity contribution >= 4 is 45.9 Å². The number of nitrogens with zero attached hydrogens (tertiary/aromatic N) is 2. The number of rotatable bonds is 3. The van der Waals surface area contributed by atoms with E-state index in [0.29, 0.717) is 5.69 Å². The van der Waals surface area contributed by atoms with E-state index in [-0.39, 0.29) is 30.0 Å². The molecule has 2 amide bonds. The number of pyridine rings is 1. The topological polar surface area (TPSA) is 62.3 Å². The van der Waals surface area contributed by atoms with Gasteiger partial charge in [0.15, 0.2) is 0 Å². The molecule has 5 nitrogen and oxygen atoms in total. The third-order valence-corrected chi connectivity index (χ3v) is 6.09. The Morgan fingerprint density at radius 2 is 1.97 bits per heavy atom. The summed E-state index contributed by atoms with van der Waals surface area (Å²) in [7, 11) is 0. The van der Waals surface area contributed by atoms with E-state index in [1.165, 1.54) is 11.8 Å². The average molecular weight is 406 g/mol. The molecule has 2 heterocycles. The first-order valence-corrected chi connectivity index (χ1v) is 10.6. The van der Waals surface area contributed by atoms with Crippen LogP contribution in [0.2, 0.25) is 0 Å². The van der Waals surface area contributed by atoms with Crippen LogP contribution in [-0.2, 0) is 9.59 Å². The van der Waals surface area contributed by atoms with Gasteiger partial charge < -0.3 is 10.2 Å². The number of para-hydroxylation sites is 3. The van der Waals surface area contributed by atoms with Gasteiger partial charge in [0.25, 0.3) is 0 Å². The maximum Gasteiger partial charge on any atom is 0.237 e. The average Bonchev–Trinajstić information content (AvgIpc) is 2.81. The molecule has 1 aliphatic heterocycles. The highest BCUT2D eigenvalue weighted by molar-refractivity contribution is 7.99. The lowest BCUT2D eigenvalue weighted by Crippen LogP contribution is -2.40. The summed E-state index contributed by atoms with van der Waals surface area (Å²) in [6.07, 6.45) is 0.275. The molecule has 2 aromatic carbocycles. The first kappa shape index (κ1) is 19.5. The molecular formula is C23H23N3O2S. The van der Waals surface area contributed by atoms with Crippen molar-refractivity contribution in [3.63, 3.8) is 0 Å². The first-order chi connectivity index (χ1) is 13.9. The van der Waals surface area contributed by atoms with Gasteiger partial charge in [0.1, 0.15) is 0 Å². The van der Waals surface area contributed by atoms with Crippen molar-refractivity contribution in [2.75, 3.05) is 16.0 Å². The fourth-order valence-electron chi connectivity index (χ4n) is 3.78. The molecular weight excluding hydrogens is 382 g/mol. The smallest absolute Gasteiger partial charge is 0.237 e. The lowest BCUT2D eigenvalue weighted by molar-refractivity contribution is -0.117. The summed E-state index contributed by atoms with van der Waals surface area (Å²) >= 11 is 1.44. The van der Waals surface area contributed by atoms with Gasteiger partial charge in [-0.05, 0) is 50.1 Å². The molecule has 1 atom stereocenters. The third kappa shape index (κ3) is 3.85. The van der Waals surface area contributed by atoms with Crippen molar-refractivity contribution in [3.8, 4) is 0 Å². The quantitative estimate of drug-likeness (QED) is 0.641. The van der Waals surface area contributed by atoms with Crippen LogP contribution in [0.15, 0.2) is 53.6 Å². The van der Waals surface area contributed by atoms with Crippen LogP contribution in [0.4, 0.5) is 11.4 Å². The van der Waals surface area contributed by atoms with E-state index in [4.69, 9.17) is 4.98 Å². The minimum absolute atomic E-state index is 0.0317. The Bertz CT molecular complexity index is 1110. The minimum atomic E-state index is -0.208. The Morgan fingerprint density at radius 3 is 2.79 bits per heavy atom. The SMILES string of the molecule is Cc1cc(SCC(=O)N2c3ccccc3NC(=O)C[C@@H]2C)nc2c(C)cccc12. The summed E-state index contributed by atoms with van der Waals surface area (Å²) in [5.41, 5.74) is 4.67. The van der Waals surface area contributed by atoms with Crippen molar-refractivity contribution in [1.82, 2.24) is 4.98 Å². The Kier molecular flexibility index (Phi) is 5.28. The van der Waals surface area contributed by atoms with Gasteiger partial charge in [-0.3, -0.25) is 9.59 Å². The zero-order valence-electron chi connectivity index (χ0n) is 16.7. The van der Waals surface area contributed by atoms with Gasteiger partial charge in [0.05, 0.1) is 27.7 Å². The molecule has 0 saturated carbocycles. The molecule has 1 N–H and O–H groups in total. The predicted molar refractivity (Wildman–Crippen MR) is 119 cm³/mol. The number of hydrogen-bond donors (Lipinski definition) is 1. The molecule has 4 rings (SSSR count). The molecule has 148 valence electrons. The lowest BCUT2D eigenvalue weighted by atomic mass is 10.1. The fraction of sp³-hybridized carbons (Fsp3) is 0.261. The molecule has 3 aromatic rings. The summed E-state index contributed by atoms with van der Waals surface area (Å²) < 4.78 is 0. The van der Waals surface area contributed by atoms with Crippen molar-refractivity contribution in [2.24, 2.45) is 0 Å². The summed E-state index contributed by atoms with van der Waals surface area (Å²) in [5.74, 6) is 0.155. The van der Waals surface area contributed by atoms with E-state index >= 15 is 0 Å². The first-order valence-electron chi connectivity index (χ1n) is 9.65. The maximum atomic E-state index is 13.2. The molecule has 0 unspecified atom stereocenters. The number of thioether (sulfide) groups is 1. The van der Waals surface area contributed by atoms with Crippen molar-refractivity contribution in [2.45, 2.75) is 38.3 Å². The molecule has 0 radical (unpaired) electrons. The van der Waals surface area contributed by atoms with E-state index in [2.05, 4.69) is 18.3 Å². The highest BCUT2D eigenvalue weighted by Gasteiger charge is 2.29. The maximum absolute atomic E-state index is 13.2. The molecule has 0 aliphatic carbocycles. The molecule has 1 aliphatic rings. The molecule has 1 aromatic heterocycles. The Labute approximate surface area is 174 Å². The highest BCUT2D eigenvalue weighted by atomic mass is 32.2. The zero-order chi connectivity index (χ0) is 20.5. The fourth-order valence-corrected chi connectivity index (χ4v) is 4.60. The second-order valence-electron chi connectivity index (χ2n) is 7.42. The van der Waals surface area contributed by atoms with E-state index in [9.17, 15) is 9.59 Å². The zero-order valence-corrected chi connectivity index (χ0v) is 17.5. The third-order valence-electron chi connectivity index (χ3n) is 5.20. The second kappa shape index (κ2) is 7.87. The van der Waals surface area contributed by atoms with E-state index in [1.807, 2.05) is 56.3 Å². The van der Waals surface area contributed by atoms with Crippen molar-refractivity contribution in [1.29, 1.82) is 0 Å². The number of hydrogen-bond acceptors (Lipinski definition) is 4. The van der Waals surface area contributed by atoms with Crippen LogP contribution in [0.25, 0.3) is 10.9 Å². The monoisotopic (exact) mass is 405 g/mol. The number of carbonyl (C=O) groups is 2. The van der Waals surface area contributed by atoms with E-state index in [1.54, 1.807) is 4.90 Å². The number of anilines is 2. The largest absolute Gasteiger partial charge is 0.324 e. The molecule has 6 heteroatoms. The van der Waals surface area contributed by atoms with Gasteiger partial charge >= 0.3 is 0 Å². The van der Waals surface area contributed by atoms with Gasteiger partial charge in [-0.25, -0.2) is 4.98 Å². The van der Waals surface area contributed by atoms with Gasteiger partial charge in [-0.15, -0.1) is 0 Å². The van der Waals surface area contributed by atoms with Gasteiger partial charge in [-0.2, -0.15) is 0 Å². The normalized spacial score (nSPS) is 16.3. The number of benzene rings is 2. The summed E-state index contributed by atoms with van der Waals surface area (Å²) in [6, 6.07) is 15.4.